The SMILES string of the molecule is Cc1cc(C)c(C(C2OCCO2)C(F)(F)F)c(C)c1. The second-order valence-electron chi connectivity index (χ2n) is 4.94. The topological polar surface area (TPSA) is 18.5 Å². The number of rotatable bonds is 2. The number of hydrogen-bond acceptors (Lipinski definition) is 2. The van der Waals surface area contributed by atoms with Crippen molar-refractivity contribution >= 4 is 0 Å². The third kappa shape index (κ3) is 2.92. The Hall–Kier alpha value is -1.07. The second kappa shape index (κ2) is 5.13. The highest BCUT2D eigenvalue weighted by Crippen LogP contribution is 2.42. The molecule has 1 heterocycles. The van der Waals surface area contributed by atoms with E-state index in [2.05, 4.69) is 0 Å². The van der Waals surface area contributed by atoms with Crippen molar-refractivity contribution in [2.24, 2.45) is 0 Å². The highest BCUT2D eigenvalue weighted by atomic mass is 19.4. The molecule has 0 bridgehead atoms. The van der Waals surface area contributed by atoms with Crippen molar-refractivity contribution in [1.82, 2.24) is 0 Å². The van der Waals surface area contributed by atoms with Crippen molar-refractivity contribution in [1.29, 1.82) is 0 Å². The molecule has 2 nitrogen and oxygen atoms in total. The number of halogens is 3. The van der Waals surface area contributed by atoms with Crippen LogP contribution in [0.2, 0.25) is 0 Å². The Morgan fingerprint density at radius 3 is 1.95 bits per heavy atom. The van der Waals surface area contributed by atoms with Gasteiger partial charge in [-0.15, -0.1) is 0 Å². The van der Waals surface area contributed by atoms with E-state index in [1.165, 1.54) is 0 Å². The molecule has 1 fully saturated rings. The van der Waals surface area contributed by atoms with Crippen LogP contribution >= 0.6 is 0 Å². The summed E-state index contributed by atoms with van der Waals surface area (Å²) in [4.78, 5) is 0. The van der Waals surface area contributed by atoms with Crippen molar-refractivity contribution in [2.75, 3.05) is 13.2 Å². The molecule has 0 aromatic heterocycles. The molecule has 19 heavy (non-hydrogen) atoms. The zero-order chi connectivity index (χ0) is 14.2. The average molecular weight is 274 g/mol. The van der Waals surface area contributed by atoms with Gasteiger partial charge in [-0.1, -0.05) is 17.7 Å². The molecule has 0 amide bonds. The summed E-state index contributed by atoms with van der Waals surface area (Å²) in [6, 6.07) is 3.52. The predicted molar refractivity (Wildman–Crippen MR) is 65.1 cm³/mol. The minimum absolute atomic E-state index is 0.210. The van der Waals surface area contributed by atoms with Crippen LogP contribution in [0.15, 0.2) is 12.1 Å². The van der Waals surface area contributed by atoms with Crippen LogP contribution in [0.1, 0.15) is 28.2 Å². The minimum Gasteiger partial charge on any atom is -0.349 e. The lowest BCUT2D eigenvalue weighted by Crippen LogP contribution is -2.34. The Kier molecular flexibility index (Phi) is 3.87. The van der Waals surface area contributed by atoms with E-state index in [0.29, 0.717) is 11.1 Å². The molecule has 0 spiro atoms. The number of aryl methyl sites for hydroxylation is 3. The van der Waals surface area contributed by atoms with Crippen LogP contribution < -0.4 is 0 Å². The van der Waals surface area contributed by atoms with Crippen molar-refractivity contribution in [2.45, 2.75) is 39.2 Å². The maximum absolute atomic E-state index is 13.4. The fourth-order valence-corrected chi connectivity index (χ4v) is 2.70. The van der Waals surface area contributed by atoms with Gasteiger partial charge in [0.1, 0.15) is 5.92 Å². The van der Waals surface area contributed by atoms with E-state index in [4.69, 9.17) is 9.47 Å². The molecular formula is C14H17F3O2. The molecule has 0 N–H and O–H groups in total. The largest absolute Gasteiger partial charge is 0.400 e. The van der Waals surface area contributed by atoms with Gasteiger partial charge in [-0.25, -0.2) is 0 Å². The maximum Gasteiger partial charge on any atom is 0.400 e. The lowest BCUT2D eigenvalue weighted by Gasteiger charge is -2.28. The van der Waals surface area contributed by atoms with E-state index < -0.39 is 18.4 Å². The molecule has 0 aliphatic carbocycles. The van der Waals surface area contributed by atoms with Gasteiger partial charge >= 0.3 is 6.18 Å². The van der Waals surface area contributed by atoms with E-state index in [9.17, 15) is 13.2 Å². The Balaban J connectivity index is 2.49. The highest BCUT2D eigenvalue weighted by molar-refractivity contribution is 5.41. The summed E-state index contributed by atoms with van der Waals surface area (Å²) in [5, 5.41) is 0. The first-order valence-electron chi connectivity index (χ1n) is 6.18. The zero-order valence-corrected chi connectivity index (χ0v) is 11.2. The Morgan fingerprint density at radius 1 is 1.05 bits per heavy atom. The molecule has 2 rings (SSSR count). The molecule has 1 unspecified atom stereocenters. The lowest BCUT2D eigenvalue weighted by molar-refractivity contribution is -0.207. The molecule has 0 saturated carbocycles. The van der Waals surface area contributed by atoms with Crippen LogP contribution in [0.5, 0.6) is 0 Å². The van der Waals surface area contributed by atoms with Crippen molar-refractivity contribution in [3.63, 3.8) is 0 Å². The van der Waals surface area contributed by atoms with E-state index in [0.717, 1.165) is 5.56 Å². The van der Waals surface area contributed by atoms with Crippen LogP contribution in [0, 0.1) is 20.8 Å². The Bertz CT molecular complexity index is 439. The molecule has 0 radical (unpaired) electrons. The molecule has 5 heteroatoms. The minimum atomic E-state index is -4.39. The van der Waals surface area contributed by atoms with Gasteiger partial charge in [0.25, 0.3) is 0 Å². The van der Waals surface area contributed by atoms with Crippen molar-refractivity contribution < 1.29 is 22.6 Å². The number of ether oxygens (including phenoxy) is 2. The van der Waals surface area contributed by atoms with Gasteiger partial charge in [0.2, 0.25) is 0 Å². The molecular weight excluding hydrogens is 257 g/mol. The van der Waals surface area contributed by atoms with E-state index in [-0.39, 0.29) is 18.8 Å². The van der Waals surface area contributed by atoms with Gasteiger partial charge in [-0.05, 0) is 37.5 Å². The predicted octanol–water partition coefficient (Wildman–Crippen LogP) is 3.63. The third-order valence-corrected chi connectivity index (χ3v) is 3.32. The summed E-state index contributed by atoms with van der Waals surface area (Å²) in [7, 11) is 0. The van der Waals surface area contributed by atoms with Crippen LogP contribution in [0.25, 0.3) is 0 Å². The zero-order valence-electron chi connectivity index (χ0n) is 11.2. The first kappa shape index (κ1) is 14.3. The molecule has 1 saturated heterocycles. The normalized spacial score (nSPS) is 18.8. The van der Waals surface area contributed by atoms with Crippen LogP contribution in [-0.4, -0.2) is 25.7 Å². The summed E-state index contributed by atoms with van der Waals surface area (Å²) >= 11 is 0. The van der Waals surface area contributed by atoms with Crippen LogP contribution in [0.4, 0.5) is 13.2 Å². The fraction of sp³-hybridized carbons (Fsp3) is 0.571. The molecule has 1 aliphatic rings. The van der Waals surface area contributed by atoms with Gasteiger partial charge < -0.3 is 9.47 Å². The van der Waals surface area contributed by atoms with Crippen molar-refractivity contribution in [3.05, 3.63) is 34.4 Å². The fourth-order valence-electron chi connectivity index (χ4n) is 2.70. The van der Waals surface area contributed by atoms with Crippen LogP contribution in [-0.2, 0) is 9.47 Å². The summed E-state index contributed by atoms with van der Waals surface area (Å²) in [6.07, 6.45) is -5.63. The molecule has 1 aromatic carbocycles. The summed E-state index contributed by atoms with van der Waals surface area (Å²) in [6.45, 7) is 5.68. The molecule has 1 atom stereocenters. The van der Waals surface area contributed by atoms with Gasteiger partial charge in [0.15, 0.2) is 6.29 Å². The summed E-state index contributed by atoms with van der Waals surface area (Å²) < 4.78 is 50.3. The van der Waals surface area contributed by atoms with Crippen LogP contribution in [0.3, 0.4) is 0 Å². The van der Waals surface area contributed by atoms with Gasteiger partial charge in [0.05, 0.1) is 13.2 Å². The van der Waals surface area contributed by atoms with E-state index in [1.54, 1.807) is 26.0 Å². The van der Waals surface area contributed by atoms with Gasteiger partial charge in [-0.2, -0.15) is 13.2 Å². The second-order valence-corrected chi connectivity index (χ2v) is 4.94. The third-order valence-electron chi connectivity index (χ3n) is 3.32. The standard InChI is InChI=1S/C14H17F3O2/c1-8-6-9(2)11(10(3)7-8)12(14(15,16)17)13-18-4-5-19-13/h6-7,12-13H,4-5H2,1-3H3. The molecule has 1 aliphatic heterocycles. The monoisotopic (exact) mass is 274 g/mol. The van der Waals surface area contributed by atoms with Gasteiger partial charge in [-0.3, -0.25) is 0 Å². The Morgan fingerprint density at radius 2 is 1.53 bits per heavy atom. The van der Waals surface area contributed by atoms with Crippen molar-refractivity contribution in [3.8, 4) is 0 Å². The smallest absolute Gasteiger partial charge is 0.349 e. The maximum atomic E-state index is 13.4. The molecule has 106 valence electrons. The van der Waals surface area contributed by atoms with E-state index >= 15 is 0 Å². The van der Waals surface area contributed by atoms with Gasteiger partial charge in [0, 0.05) is 0 Å². The highest BCUT2D eigenvalue weighted by Gasteiger charge is 2.49. The summed E-state index contributed by atoms with van der Waals surface area (Å²) in [5.74, 6) is -1.73. The average Bonchev–Trinajstić information content (AvgIpc) is 2.73. The quantitative estimate of drug-likeness (QED) is 0.820. The Labute approximate surface area is 110 Å². The number of alkyl halides is 3. The first-order valence-corrected chi connectivity index (χ1v) is 6.18. The lowest BCUT2D eigenvalue weighted by atomic mass is 9.88. The number of benzene rings is 1. The summed E-state index contributed by atoms with van der Waals surface area (Å²) in [5.41, 5.74) is 2.47. The van der Waals surface area contributed by atoms with E-state index in [1.807, 2.05) is 6.92 Å². The molecule has 1 aromatic rings. The number of hydrogen-bond donors (Lipinski definition) is 0. The first-order chi connectivity index (χ1) is 8.80.